The van der Waals surface area contributed by atoms with Gasteiger partial charge in [-0.05, 0) is 38.0 Å². The van der Waals surface area contributed by atoms with Crippen LogP contribution in [0.4, 0.5) is 0 Å². The Labute approximate surface area is 129 Å². The summed E-state index contributed by atoms with van der Waals surface area (Å²) in [5, 5.41) is 11.7. The van der Waals surface area contributed by atoms with E-state index in [1.165, 1.54) is 6.07 Å². The van der Waals surface area contributed by atoms with E-state index in [0.717, 1.165) is 0 Å². The minimum atomic E-state index is -0.874. The number of hydrogen-bond acceptors (Lipinski definition) is 3. The minimum absolute atomic E-state index is 0.119. The molecule has 0 radical (unpaired) electrons. The predicted octanol–water partition coefficient (Wildman–Crippen LogP) is 1.37. The summed E-state index contributed by atoms with van der Waals surface area (Å²) in [4.78, 5) is 36.8. The van der Waals surface area contributed by atoms with Gasteiger partial charge in [0.1, 0.15) is 0 Å². The summed E-state index contributed by atoms with van der Waals surface area (Å²) in [5.74, 6) is -1.39. The topological polar surface area (TPSA) is 86.7 Å². The number of benzene rings is 1. The van der Waals surface area contributed by atoms with Gasteiger partial charge >= 0.3 is 5.97 Å². The number of carboxylic acid groups (broad SMARTS) is 1. The summed E-state index contributed by atoms with van der Waals surface area (Å²) < 4.78 is 0. The highest BCUT2D eigenvalue weighted by Crippen LogP contribution is 2.45. The first-order valence-electron chi connectivity index (χ1n) is 7.27. The molecule has 0 aromatic heterocycles. The molecule has 6 heteroatoms. The molecule has 0 saturated heterocycles. The van der Waals surface area contributed by atoms with Gasteiger partial charge in [-0.25, -0.2) is 0 Å². The Morgan fingerprint density at radius 2 is 1.91 bits per heavy atom. The zero-order chi connectivity index (χ0) is 16.3. The van der Waals surface area contributed by atoms with Crippen molar-refractivity contribution in [3.8, 4) is 0 Å². The molecule has 1 aromatic rings. The standard InChI is InChI=1S/C16H20N2O4/c1-3-18(2)14(20)12-6-4-5-11(9-12)13(19)17-10-16(7-8-16)15(21)22/h4-6,9H,3,7-8,10H2,1-2H3,(H,17,19)(H,21,22). The molecule has 1 aromatic carbocycles. The maximum atomic E-state index is 12.1. The van der Waals surface area contributed by atoms with Crippen LogP contribution in [0.5, 0.6) is 0 Å². The Kier molecular flexibility index (Phi) is 4.49. The summed E-state index contributed by atoms with van der Waals surface area (Å²) >= 11 is 0. The van der Waals surface area contributed by atoms with Crippen molar-refractivity contribution in [2.75, 3.05) is 20.1 Å². The molecule has 22 heavy (non-hydrogen) atoms. The number of hydrogen-bond donors (Lipinski definition) is 2. The Morgan fingerprint density at radius 1 is 1.27 bits per heavy atom. The number of carboxylic acids is 1. The average molecular weight is 304 g/mol. The first-order valence-corrected chi connectivity index (χ1v) is 7.27. The third-order valence-electron chi connectivity index (χ3n) is 4.09. The van der Waals surface area contributed by atoms with Crippen LogP contribution in [0.1, 0.15) is 40.5 Å². The van der Waals surface area contributed by atoms with Crippen LogP contribution >= 0.6 is 0 Å². The zero-order valence-corrected chi connectivity index (χ0v) is 12.8. The number of rotatable bonds is 6. The molecule has 118 valence electrons. The summed E-state index contributed by atoms with van der Waals surface area (Å²) in [6.07, 6.45) is 1.17. The largest absolute Gasteiger partial charge is 0.481 e. The van der Waals surface area contributed by atoms with Gasteiger partial charge in [0.25, 0.3) is 11.8 Å². The maximum Gasteiger partial charge on any atom is 0.311 e. The van der Waals surface area contributed by atoms with Crippen molar-refractivity contribution in [1.29, 1.82) is 0 Å². The van der Waals surface area contributed by atoms with E-state index in [1.54, 1.807) is 30.1 Å². The zero-order valence-electron chi connectivity index (χ0n) is 12.8. The summed E-state index contributed by atoms with van der Waals surface area (Å²) in [6, 6.07) is 6.45. The van der Waals surface area contributed by atoms with Crippen molar-refractivity contribution < 1.29 is 19.5 Å². The average Bonchev–Trinajstić information content (AvgIpc) is 3.32. The highest BCUT2D eigenvalue weighted by molar-refractivity contribution is 5.99. The van der Waals surface area contributed by atoms with Gasteiger partial charge in [0.05, 0.1) is 5.41 Å². The molecule has 0 unspecified atom stereocenters. The van der Waals surface area contributed by atoms with E-state index < -0.39 is 11.4 Å². The lowest BCUT2D eigenvalue weighted by atomic mass is 10.1. The summed E-state index contributed by atoms with van der Waals surface area (Å²) in [5.41, 5.74) is -0.00109. The highest BCUT2D eigenvalue weighted by Gasteiger charge is 2.50. The lowest BCUT2D eigenvalue weighted by Gasteiger charge is -2.15. The van der Waals surface area contributed by atoms with E-state index in [9.17, 15) is 14.4 Å². The van der Waals surface area contributed by atoms with Crippen molar-refractivity contribution in [2.24, 2.45) is 5.41 Å². The van der Waals surface area contributed by atoms with Crippen LogP contribution in [0.2, 0.25) is 0 Å². The van der Waals surface area contributed by atoms with E-state index in [0.29, 0.717) is 30.5 Å². The second kappa shape index (κ2) is 6.17. The van der Waals surface area contributed by atoms with Crippen LogP contribution in [-0.2, 0) is 4.79 Å². The van der Waals surface area contributed by atoms with Crippen molar-refractivity contribution >= 4 is 17.8 Å². The van der Waals surface area contributed by atoms with E-state index >= 15 is 0 Å². The van der Waals surface area contributed by atoms with Crippen molar-refractivity contribution in [3.05, 3.63) is 35.4 Å². The number of nitrogens with zero attached hydrogens (tertiary/aromatic N) is 1. The number of nitrogens with one attached hydrogen (secondary N) is 1. The molecule has 1 aliphatic carbocycles. The van der Waals surface area contributed by atoms with Crippen LogP contribution in [0.15, 0.2) is 24.3 Å². The van der Waals surface area contributed by atoms with Crippen LogP contribution in [0.25, 0.3) is 0 Å². The van der Waals surface area contributed by atoms with Crippen LogP contribution in [0.3, 0.4) is 0 Å². The van der Waals surface area contributed by atoms with Crippen molar-refractivity contribution in [2.45, 2.75) is 19.8 Å². The SMILES string of the molecule is CCN(C)C(=O)c1cccc(C(=O)NCC2(C(=O)O)CC2)c1. The second-order valence-corrected chi connectivity index (χ2v) is 5.67. The van der Waals surface area contributed by atoms with Gasteiger partial charge in [0.2, 0.25) is 0 Å². The fourth-order valence-electron chi connectivity index (χ4n) is 2.13. The monoisotopic (exact) mass is 304 g/mol. The van der Waals surface area contributed by atoms with E-state index in [4.69, 9.17) is 5.11 Å². The quantitative estimate of drug-likeness (QED) is 0.831. The molecule has 0 bridgehead atoms. The first-order chi connectivity index (χ1) is 10.4. The van der Waals surface area contributed by atoms with Crippen molar-refractivity contribution in [1.82, 2.24) is 10.2 Å². The summed E-state index contributed by atoms with van der Waals surface area (Å²) in [7, 11) is 1.69. The van der Waals surface area contributed by atoms with E-state index in [2.05, 4.69) is 5.32 Å². The molecule has 2 rings (SSSR count). The third-order valence-corrected chi connectivity index (χ3v) is 4.09. The lowest BCUT2D eigenvalue weighted by molar-refractivity contribution is -0.143. The highest BCUT2D eigenvalue weighted by atomic mass is 16.4. The smallest absolute Gasteiger partial charge is 0.311 e. The lowest BCUT2D eigenvalue weighted by Crippen LogP contribution is -2.34. The van der Waals surface area contributed by atoms with E-state index in [1.807, 2.05) is 6.92 Å². The molecule has 2 amide bonds. The van der Waals surface area contributed by atoms with Crippen molar-refractivity contribution in [3.63, 3.8) is 0 Å². The molecule has 0 aliphatic heterocycles. The Bertz CT molecular complexity index is 608. The van der Waals surface area contributed by atoms with Gasteiger partial charge in [0, 0.05) is 31.3 Å². The molecule has 2 N–H and O–H groups in total. The normalized spacial score (nSPS) is 15.0. The number of carbonyl (C=O) groups excluding carboxylic acids is 2. The van der Waals surface area contributed by atoms with Crippen LogP contribution in [0, 0.1) is 5.41 Å². The molecule has 1 fully saturated rings. The maximum absolute atomic E-state index is 12.1. The molecular weight excluding hydrogens is 284 g/mol. The van der Waals surface area contributed by atoms with Gasteiger partial charge in [-0.2, -0.15) is 0 Å². The molecule has 1 aliphatic rings. The molecular formula is C16H20N2O4. The summed E-state index contributed by atoms with van der Waals surface area (Å²) in [6.45, 7) is 2.57. The second-order valence-electron chi connectivity index (χ2n) is 5.67. The van der Waals surface area contributed by atoms with Gasteiger partial charge in [-0.3, -0.25) is 14.4 Å². The fraction of sp³-hybridized carbons (Fsp3) is 0.438. The Morgan fingerprint density at radius 3 is 2.45 bits per heavy atom. The Balaban J connectivity index is 2.04. The van der Waals surface area contributed by atoms with E-state index in [-0.39, 0.29) is 18.4 Å². The Hall–Kier alpha value is -2.37. The molecule has 0 heterocycles. The van der Waals surface area contributed by atoms with Gasteiger partial charge in [-0.15, -0.1) is 0 Å². The van der Waals surface area contributed by atoms with Crippen LogP contribution < -0.4 is 5.32 Å². The minimum Gasteiger partial charge on any atom is -0.481 e. The van der Waals surface area contributed by atoms with Gasteiger partial charge in [-0.1, -0.05) is 6.07 Å². The molecule has 0 spiro atoms. The number of carbonyl (C=O) groups is 3. The number of aliphatic carboxylic acids is 1. The molecule has 1 saturated carbocycles. The third kappa shape index (κ3) is 3.27. The first kappa shape index (κ1) is 16.0. The van der Waals surface area contributed by atoms with Gasteiger partial charge in [0.15, 0.2) is 0 Å². The van der Waals surface area contributed by atoms with Gasteiger partial charge < -0.3 is 15.3 Å². The predicted molar refractivity (Wildman–Crippen MR) is 80.7 cm³/mol. The number of amides is 2. The fourth-order valence-corrected chi connectivity index (χ4v) is 2.13. The molecule has 6 nitrogen and oxygen atoms in total. The molecule has 0 atom stereocenters. The van der Waals surface area contributed by atoms with Crippen LogP contribution in [-0.4, -0.2) is 47.9 Å².